The highest BCUT2D eigenvalue weighted by atomic mass is 35.5. The number of nitrogens with zero attached hydrogens (tertiary/aromatic N) is 1. The minimum Gasteiger partial charge on any atom is -0.320 e. The van der Waals surface area contributed by atoms with E-state index < -0.39 is 0 Å². The van der Waals surface area contributed by atoms with Gasteiger partial charge in [0.05, 0.1) is 6.04 Å². The van der Waals surface area contributed by atoms with Gasteiger partial charge in [-0.15, -0.1) is 0 Å². The van der Waals surface area contributed by atoms with E-state index in [1.54, 1.807) is 6.20 Å². The van der Waals surface area contributed by atoms with Gasteiger partial charge in [0.1, 0.15) is 0 Å². The van der Waals surface area contributed by atoms with Crippen LogP contribution in [-0.4, -0.2) is 4.98 Å². The fourth-order valence-electron chi connectivity index (χ4n) is 2.29. The van der Waals surface area contributed by atoms with Crippen molar-refractivity contribution in [2.24, 2.45) is 5.73 Å². The molecule has 1 unspecified atom stereocenters. The van der Waals surface area contributed by atoms with Crippen molar-refractivity contribution in [1.82, 2.24) is 4.98 Å². The van der Waals surface area contributed by atoms with Crippen molar-refractivity contribution in [3.05, 3.63) is 77.1 Å². The first kappa shape index (κ1) is 12.2. The predicted octanol–water partition coefficient (Wildman–Crippen LogP) is 3.94. The molecular formula is C16H13ClN2. The van der Waals surface area contributed by atoms with E-state index in [1.165, 1.54) is 0 Å². The van der Waals surface area contributed by atoms with Crippen molar-refractivity contribution in [3.8, 4) is 0 Å². The first-order chi connectivity index (χ1) is 9.25. The number of fused-ring (bicyclic) bond motifs is 1. The lowest BCUT2D eigenvalue weighted by atomic mass is 9.95. The molecule has 3 aromatic rings. The third kappa shape index (κ3) is 2.33. The van der Waals surface area contributed by atoms with Gasteiger partial charge >= 0.3 is 0 Å². The maximum atomic E-state index is 6.36. The number of rotatable bonds is 2. The third-order valence-corrected chi connectivity index (χ3v) is 3.50. The lowest BCUT2D eigenvalue weighted by Gasteiger charge is -2.15. The van der Waals surface area contributed by atoms with Crippen LogP contribution in [0.2, 0.25) is 5.02 Å². The van der Waals surface area contributed by atoms with Crippen molar-refractivity contribution in [2.75, 3.05) is 0 Å². The van der Waals surface area contributed by atoms with Gasteiger partial charge in [0.15, 0.2) is 0 Å². The number of aromatic nitrogens is 1. The highest BCUT2D eigenvalue weighted by Crippen LogP contribution is 2.27. The summed E-state index contributed by atoms with van der Waals surface area (Å²) in [6.07, 6.45) is 3.64. The molecule has 3 rings (SSSR count). The lowest BCUT2D eigenvalue weighted by molar-refractivity contribution is 0.880. The Kier molecular flexibility index (Phi) is 3.20. The zero-order valence-electron chi connectivity index (χ0n) is 10.3. The van der Waals surface area contributed by atoms with Crippen LogP contribution in [0.1, 0.15) is 17.2 Å². The molecule has 0 aliphatic carbocycles. The van der Waals surface area contributed by atoms with Crippen molar-refractivity contribution in [1.29, 1.82) is 0 Å². The van der Waals surface area contributed by atoms with Crippen LogP contribution in [0.15, 0.2) is 60.9 Å². The molecule has 0 amide bonds. The summed E-state index contributed by atoms with van der Waals surface area (Å²) in [4.78, 5) is 4.19. The van der Waals surface area contributed by atoms with E-state index in [9.17, 15) is 0 Å². The fraction of sp³-hybridized carbons (Fsp3) is 0.0625. The summed E-state index contributed by atoms with van der Waals surface area (Å²) >= 11 is 6.03. The second-order valence-electron chi connectivity index (χ2n) is 4.48. The SMILES string of the molecule is NC(c1cccc(Cl)c1)c1cccc2ccncc12. The summed E-state index contributed by atoms with van der Waals surface area (Å²) in [5.41, 5.74) is 8.43. The molecule has 2 aromatic carbocycles. The minimum atomic E-state index is -0.202. The van der Waals surface area contributed by atoms with Gasteiger partial charge < -0.3 is 5.73 Å². The molecule has 3 heteroatoms. The van der Waals surface area contributed by atoms with Crippen molar-refractivity contribution in [3.63, 3.8) is 0 Å². The van der Waals surface area contributed by atoms with Crippen LogP contribution in [0.5, 0.6) is 0 Å². The summed E-state index contributed by atoms with van der Waals surface area (Å²) in [5.74, 6) is 0. The average Bonchev–Trinajstić information content (AvgIpc) is 2.46. The number of hydrogen-bond donors (Lipinski definition) is 1. The van der Waals surface area contributed by atoms with Gasteiger partial charge in [0.2, 0.25) is 0 Å². The zero-order chi connectivity index (χ0) is 13.2. The van der Waals surface area contributed by atoms with E-state index in [-0.39, 0.29) is 6.04 Å². The minimum absolute atomic E-state index is 0.202. The highest BCUT2D eigenvalue weighted by Gasteiger charge is 2.12. The van der Waals surface area contributed by atoms with E-state index in [0.29, 0.717) is 5.02 Å². The standard InChI is InChI=1S/C16H13ClN2/c17-13-5-1-4-12(9-13)16(18)14-6-2-3-11-7-8-19-10-15(11)14/h1-10,16H,18H2. The summed E-state index contributed by atoms with van der Waals surface area (Å²) in [6, 6.07) is 15.6. The Morgan fingerprint density at radius 3 is 2.74 bits per heavy atom. The van der Waals surface area contributed by atoms with Gasteiger partial charge in [-0.25, -0.2) is 0 Å². The van der Waals surface area contributed by atoms with Gasteiger partial charge in [0, 0.05) is 22.8 Å². The first-order valence-corrected chi connectivity index (χ1v) is 6.47. The number of pyridine rings is 1. The summed E-state index contributed by atoms with van der Waals surface area (Å²) in [7, 11) is 0. The van der Waals surface area contributed by atoms with Crippen LogP contribution < -0.4 is 5.73 Å². The highest BCUT2D eigenvalue weighted by molar-refractivity contribution is 6.30. The number of nitrogens with two attached hydrogens (primary N) is 1. The van der Waals surface area contributed by atoms with Gasteiger partial charge in [-0.3, -0.25) is 4.98 Å². The van der Waals surface area contributed by atoms with Gasteiger partial charge in [-0.05, 0) is 34.7 Å². The molecule has 2 nitrogen and oxygen atoms in total. The van der Waals surface area contributed by atoms with Crippen molar-refractivity contribution >= 4 is 22.4 Å². The second kappa shape index (κ2) is 5.00. The molecule has 0 aliphatic rings. The van der Waals surface area contributed by atoms with Crippen LogP contribution in [-0.2, 0) is 0 Å². The van der Waals surface area contributed by atoms with Crippen LogP contribution >= 0.6 is 11.6 Å². The van der Waals surface area contributed by atoms with E-state index in [2.05, 4.69) is 11.1 Å². The van der Waals surface area contributed by atoms with E-state index in [4.69, 9.17) is 17.3 Å². The smallest absolute Gasteiger partial charge is 0.0558 e. The normalized spacial score (nSPS) is 12.5. The topological polar surface area (TPSA) is 38.9 Å². The Morgan fingerprint density at radius 1 is 1.05 bits per heavy atom. The van der Waals surface area contributed by atoms with Crippen LogP contribution in [0.25, 0.3) is 10.8 Å². The number of benzene rings is 2. The quantitative estimate of drug-likeness (QED) is 0.765. The van der Waals surface area contributed by atoms with Crippen LogP contribution in [0.4, 0.5) is 0 Å². The molecule has 0 saturated carbocycles. The number of halogens is 1. The van der Waals surface area contributed by atoms with Crippen molar-refractivity contribution < 1.29 is 0 Å². The van der Waals surface area contributed by atoms with Gasteiger partial charge in [-0.1, -0.05) is 41.9 Å². The maximum Gasteiger partial charge on any atom is 0.0558 e. The Labute approximate surface area is 116 Å². The average molecular weight is 269 g/mol. The monoisotopic (exact) mass is 268 g/mol. The lowest BCUT2D eigenvalue weighted by Crippen LogP contribution is -2.12. The predicted molar refractivity (Wildman–Crippen MR) is 79.2 cm³/mol. The molecule has 2 N–H and O–H groups in total. The Bertz CT molecular complexity index is 719. The molecule has 0 radical (unpaired) electrons. The maximum absolute atomic E-state index is 6.36. The Morgan fingerprint density at radius 2 is 1.89 bits per heavy atom. The van der Waals surface area contributed by atoms with E-state index in [0.717, 1.165) is 21.9 Å². The van der Waals surface area contributed by atoms with E-state index >= 15 is 0 Å². The molecule has 0 bridgehead atoms. The fourth-order valence-corrected chi connectivity index (χ4v) is 2.49. The summed E-state index contributed by atoms with van der Waals surface area (Å²) in [5, 5.41) is 2.92. The van der Waals surface area contributed by atoms with E-state index in [1.807, 2.05) is 48.7 Å². The van der Waals surface area contributed by atoms with Crippen LogP contribution in [0, 0.1) is 0 Å². The second-order valence-corrected chi connectivity index (χ2v) is 4.91. The van der Waals surface area contributed by atoms with Gasteiger partial charge in [0.25, 0.3) is 0 Å². The van der Waals surface area contributed by atoms with Crippen molar-refractivity contribution in [2.45, 2.75) is 6.04 Å². The van der Waals surface area contributed by atoms with Gasteiger partial charge in [-0.2, -0.15) is 0 Å². The Hall–Kier alpha value is -1.90. The largest absolute Gasteiger partial charge is 0.320 e. The molecular weight excluding hydrogens is 256 g/mol. The molecule has 0 aliphatic heterocycles. The molecule has 94 valence electrons. The number of hydrogen-bond acceptors (Lipinski definition) is 2. The third-order valence-electron chi connectivity index (χ3n) is 3.26. The summed E-state index contributed by atoms with van der Waals surface area (Å²) in [6.45, 7) is 0. The van der Waals surface area contributed by atoms with Crippen LogP contribution in [0.3, 0.4) is 0 Å². The molecule has 0 saturated heterocycles. The zero-order valence-corrected chi connectivity index (χ0v) is 11.0. The Balaban J connectivity index is 2.14. The molecule has 0 fully saturated rings. The molecule has 1 heterocycles. The molecule has 1 aromatic heterocycles. The molecule has 0 spiro atoms. The first-order valence-electron chi connectivity index (χ1n) is 6.09. The summed E-state index contributed by atoms with van der Waals surface area (Å²) < 4.78 is 0. The molecule has 1 atom stereocenters. The molecule has 19 heavy (non-hydrogen) atoms.